The van der Waals surface area contributed by atoms with Crippen LogP contribution in [0.4, 0.5) is 0 Å². The summed E-state index contributed by atoms with van der Waals surface area (Å²) in [5, 5.41) is 14.9. The van der Waals surface area contributed by atoms with Gasteiger partial charge in [0.1, 0.15) is 6.04 Å². The van der Waals surface area contributed by atoms with Gasteiger partial charge in [0.25, 0.3) is 5.91 Å². The van der Waals surface area contributed by atoms with Gasteiger partial charge in [0.15, 0.2) is 0 Å². The normalized spacial score (nSPS) is 16.5. The van der Waals surface area contributed by atoms with E-state index in [0.717, 1.165) is 23.9 Å². The quantitative estimate of drug-likeness (QED) is 0.634. The molecule has 0 radical (unpaired) electrons. The summed E-state index contributed by atoms with van der Waals surface area (Å²) >= 11 is 0. The van der Waals surface area contributed by atoms with Crippen molar-refractivity contribution in [2.75, 3.05) is 13.2 Å². The molecule has 0 saturated heterocycles. The number of H-pyrrole nitrogens is 1. The van der Waals surface area contributed by atoms with Gasteiger partial charge in [0.05, 0.1) is 24.0 Å². The van der Waals surface area contributed by atoms with Crippen molar-refractivity contribution in [2.45, 2.75) is 38.1 Å². The van der Waals surface area contributed by atoms with Gasteiger partial charge in [-0.25, -0.2) is 4.98 Å². The Morgan fingerprint density at radius 3 is 2.84 bits per heavy atom. The SMILES string of the molecule is O=C(N[C@@H](CO)C(=O)NCC1CCCCC1)c1ccc2nc[nH]c2c1. The molecule has 0 aliphatic heterocycles. The molecule has 1 heterocycles. The lowest BCUT2D eigenvalue weighted by atomic mass is 9.89. The van der Waals surface area contributed by atoms with Crippen LogP contribution in [-0.2, 0) is 4.79 Å². The topological polar surface area (TPSA) is 107 Å². The van der Waals surface area contributed by atoms with E-state index >= 15 is 0 Å². The highest BCUT2D eigenvalue weighted by atomic mass is 16.3. The van der Waals surface area contributed by atoms with Gasteiger partial charge in [0, 0.05) is 12.1 Å². The number of amides is 2. The third kappa shape index (κ3) is 4.36. The van der Waals surface area contributed by atoms with Crippen molar-refractivity contribution < 1.29 is 14.7 Å². The van der Waals surface area contributed by atoms with Crippen LogP contribution in [0, 0.1) is 5.92 Å². The maximum atomic E-state index is 12.4. The molecule has 2 aromatic rings. The average Bonchev–Trinajstić information content (AvgIpc) is 3.12. The molecular formula is C18H24N4O3. The van der Waals surface area contributed by atoms with Gasteiger partial charge < -0.3 is 20.7 Å². The number of aliphatic hydroxyl groups excluding tert-OH is 1. The molecule has 1 atom stereocenters. The highest BCUT2D eigenvalue weighted by Crippen LogP contribution is 2.22. The Hall–Kier alpha value is -2.41. The van der Waals surface area contributed by atoms with Crippen LogP contribution >= 0.6 is 0 Å². The van der Waals surface area contributed by atoms with E-state index in [4.69, 9.17) is 0 Å². The van der Waals surface area contributed by atoms with E-state index in [1.165, 1.54) is 19.3 Å². The molecular weight excluding hydrogens is 320 g/mol. The van der Waals surface area contributed by atoms with Crippen LogP contribution in [0.15, 0.2) is 24.5 Å². The number of hydrogen-bond acceptors (Lipinski definition) is 4. The largest absolute Gasteiger partial charge is 0.394 e. The summed E-state index contributed by atoms with van der Waals surface area (Å²) in [6.45, 7) is 0.167. The molecule has 0 unspecified atom stereocenters. The molecule has 0 bridgehead atoms. The number of rotatable bonds is 6. The molecule has 25 heavy (non-hydrogen) atoms. The third-order valence-corrected chi connectivity index (χ3v) is 4.78. The molecule has 7 nitrogen and oxygen atoms in total. The van der Waals surface area contributed by atoms with E-state index in [1.807, 2.05) is 0 Å². The number of aromatic amines is 1. The van der Waals surface area contributed by atoms with Crippen molar-refractivity contribution in [3.8, 4) is 0 Å². The number of nitrogens with one attached hydrogen (secondary N) is 3. The minimum absolute atomic E-state index is 0.343. The van der Waals surface area contributed by atoms with Crippen molar-refractivity contribution >= 4 is 22.8 Å². The van der Waals surface area contributed by atoms with E-state index < -0.39 is 18.6 Å². The first kappa shape index (κ1) is 17.4. The van der Waals surface area contributed by atoms with Crippen molar-refractivity contribution in [1.82, 2.24) is 20.6 Å². The second kappa shape index (κ2) is 8.11. The van der Waals surface area contributed by atoms with E-state index in [-0.39, 0.29) is 5.91 Å². The van der Waals surface area contributed by atoms with Crippen LogP contribution in [0.25, 0.3) is 11.0 Å². The lowest BCUT2D eigenvalue weighted by Gasteiger charge is -2.23. The number of aromatic nitrogens is 2. The number of benzene rings is 1. The zero-order chi connectivity index (χ0) is 17.6. The summed E-state index contributed by atoms with van der Waals surface area (Å²) in [7, 11) is 0. The number of hydrogen-bond donors (Lipinski definition) is 4. The van der Waals surface area contributed by atoms with Crippen molar-refractivity contribution in [1.29, 1.82) is 0 Å². The maximum absolute atomic E-state index is 12.4. The fourth-order valence-electron chi connectivity index (χ4n) is 3.27. The van der Waals surface area contributed by atoms with Crippen molar-refractivity contribution in [3.63, 3.8) is 0 Å². The number of nitrogens with zero attached hydrogens (tertiary/aromatic N) is 1. The lowest BCUT2D eigenvalue weighted by molar-refractivity contribution is -0.124. The number of fused-ring (bicyclic) bond motifs is 1. The van der Waals surface area contributed by atoms with Gasteiger partial charge in [-0.3, -0.25) is 9.59 Å². The molecule has 2 amide bonds. The second-order valence-electron chi connectivity index (χ2n) is 6.59. The Labute approximate surface area is 146 Å². The molecule has 1 aliphatic carbocycles. The second-order valence-corrected chi connectivity index (χ2v) is 6.59. The Morgan fingerprint density at radius 2 is 2.08 bits per heavy atom. The summed E-state index contributed by atoms with van der Waals surface area (Å²) < 4.78 is 0. The fraction of sp³-hybridized carbons (Fsp3) is 0.500. The van der Waals surface area contributed by atoms with Gasteiger partial charge in [-0.1, -0.05) is 19.3 Å². The van der Waals surface area contributed by atoms with Gasteiger partial charge >= 0.3 is 0 Å². The standard InChI is InChI=1S/C18H24N4O3/c23-10-16(18(25)19-9-12-4-2-1-3-5-12)22-17(24)13-6-7-14-15(8-13)21-11-20-14/h6-8,11-12,16,23H,1-5,9-10H2,(H,19,25)(H,20,21)(H,22,24)/t16-/m0/s1. The highest BCUT2D eigenvalue weighted by molar-refractivity contribution is 5.99. The molecule has 4 N–H and O–H groups in total. The first-order valence-electron chi connectivity index (χ1n) is 8.80. The summed E-state index contributed by atoms with van der Waals surface area (Å²) in [6, 6.07) is 4.10. The first-order chi connectivity index (χ1) is 12.2. The Bertz CT molecular complexity index is 737. The molecule has 1 aromatic carbocycles. The number of aliphatic hydroxyl groups is 1. The number of carbonyl (C=O) groups is 2. The Balaban J connectivity index is 1.56. The summed E-state index contributed by atoms with van der Waals surface area (Å²) in [4.78, 5) is 31.6. The van der Waals surface area contributed by atoms with Gasteiger partial charge in [0.2, 0.25) is 5.91 Å². The van der Waals surface area contributed by atoms with Crippen molar-refractivity contribution in [2.24, 2.45) is 5.92 Å². The van der Waals surface area contributed by atoms with Crippen molar-refractivity contribution in [3.05, 3.63) is 30.1 Å². The molecule has 1 saturated carbocycles. The van der Waals surface area contributed by atoms with E-state index in [0.29, 0.717) is 18.0 Å². The monoisotopic (exact) mass is 344 g/mol. The fourth-order valence-corrected chi connectivity index (χ4v) is 3.27. The van der Waals surface area contributed by atoms with Crippen LogP contribution in [0.1, 0.15) is 42.5 Å². The molecule has 0 spiro atoms. The maximum Gasteiger partial charge on any atom is 0.252 e. The molecule has 3 rings (SSSR count). The number of imidazole rings is 1. The highest BCUT2D eigenvalue weighted by Gasteiger charge is 2.22. The minimum atomic E-state index is -0.950. The predicted octanol–water partition coefficient (Wildman–Crippen LogP) is 1.35. The zero-order valence-corrected chi connectivity index (χ0v) is 14.1. The zero-order valence-electron chi connectivity index (χ0n) is 14.1. The smallest absolute Gasteiger partial charge is 0.252 e. The van der Waals surface area contributed by atoms with Gasteiger partial charge in [-0.05, 0) is 37.0 Å². The third-order valence-electron chi connectivity index (χ3n) is 4.78. The van der Waals surface area contributed by atoms with Crippen LogP contribution in [-0.4, -0.2) is 46.1 Å². The Kier molecular flexibility index (Phi) is 5.65. The van der Waals surface area contributed by atoms with E-state index in [9.17, 15) is 14.7 Å². The predicted molar refractivity (Wildman–Crippen MR) is 94.0 cm³/mol. The summed E-state index contributed by atoms with van der Waals surface area (Å²) in [5.41, 5.74) is 1.92. The van der Waals surface area contributed by atoms with Gasteiger partial charge in [-0.15, -0.1) is 0 Å². The van der Waals surface area contributed by atoms with Crippen LogP contribution < -0.4 is 10.6 Å². The first-order valence-corrected chi connectivity index (χ1v) is 8.80. The summed E-state index contributed by atoms with van der Waals surface area (Å²) in [6.07, 6.45) is 7.48. The van der Waals surface area contributed by atoms with Crippen LogP contribution in [0.5, 0.6) is 0 Å². The lowest BCUT2D eigenvalue weighted by Crippen LogP contribution is -2.49. The average molecular weight is 344 g/mol. The van der Waals surface area contributed by atoms with Crippen LogP contribution in [0.2, 0.25) is 0 Å². The molecule has 1 fully saturated rings. The minimum Gasteiger partial charge on any atom is -0.394 e. The summed E-state index contributed by atoms with van der Waals surface area (Å²) in [5.74, 6) is -0.247. The number of carbonyl (C=O) groups excluding carboxylic acids is 2. The van der Waals surface area contributed by atoms with Gasteiger partial charge in [-0.2, -0.15) is 0 Å². The van der Waals surface area contributed by atoms with Crippen LogP contribution in [0.3, 0.4) is 0 Å². The van der Waals surface area contributed by atoms with E-state index in [1.54, 1.807) is 24.5 Å². The Morgan fingerprint density at radius 1 is 1.28 bits per heavy atom. The van der Waals surface area contributed by atoms with E-state index in [2.05, 4.69) is 20.6 Å². The molecule has 1 aromatic heterocycles. The molecule has 7 heteroatoms. The molecule has 1 aliphatic rings. The molecule has 134 valence electrons.